The van der Waals surface area contributed by atoms with Crippen molar-refractivity contribution in [3.05, 3.63) is 54.9 Å². The van der Waals surface area contributed by atoms with E-state index >= 15 is 0 Å². The standard InChI is InChI=1S/C21H26N4O2S/c1-21(2,3)24-15-13-23(14-16-24)20-18-10-12-25(19(18)9-11-22-20)28(26,27)17-7-5-4-6-8-17/h4-12H,13-16H2,1-3H3. The third-order valence-corrected chi connectivity index (χ3v) is 7.09. The lowest BCUT2D eigenvalue weighted by Crippen LogP contribution is -2.53. The quantitative estimate of drug-likeness (QED) is 0.678. The number of pyridine rings is 1. The second-order valence-electron chi connectivity index (χ2n) is 8.14. The molecule has 7 heteroatoms. The minimum Gasteiger partial charge on any atom is -0.353 e. The molecule has 1 saturated heterocycles. The van der Waals surface area contributed by atoms with Crippen LogP contribution in [0, 0.1) is 0 Å². The van der Waals surface area contributed by atoms with E-state index in [0.29, 0.717) is 5.52 Å². The third kappa shape index (κ3) is 3.29. The molecule has 0 N–H and O–H groups in total. The highest BCUT2D eigenvalue weighted by Crippen LogP contribution is 2.29. The van der Waals surface area contributed by atoms with E-state index in [0.717, 1.165) is 37.4 Å². The zero-order valence-electron chi connectivity index (χ0n) is 16.5. The highest BCUT2D eigenvalue weighted by molar-refractivity contribution is 7.90. The Balaban J connectivity index is 1.69. The first kappa shape index (κ1) is 19.0. The molecule has 0 radical (unpaired) electrons. The summed E-state index contributed by atoms with van der Waals surface area (Å²) in [4.78, 5) is 9.59. The van der Waals surface area contributed by atoms with E-state index in [1.165, 1.54) is 3.97 Å². The van der Waals surface area contributed by atoms with Crippen molar-refractivity contribution in [2.45, 2.75) is 31.2 Å². The summed E-state index contributed by atoms with van der Waals surface area (Å²) in [6, 6.07) is 12.1. The summed E-state index contributed by atoms with van der Waals surface area (Å²) in [7, 11) is -3.64. The Bertz CT molecular complexity index is 1080. The maximum atomic E-state index is 13.1. The molecule has 0 bridgehead atoms. The molecule has 0 spiro atoms. The lowest BCUT2D eigenvalue weighted by atomic mass is 10.0. The summed E-state index contributed by atoms with van der Waals surface area (Å²) < 4.78 is 27.5. The van der Waals surface area contributed by atoms with Crippen LogP contribution in [0.1, 0.15) is 20.8 Å². The zero-order chi connectivity index (χ0) is 19.9. The molecular weight excluding hydrogens is 372 g/mol. The Labute approximate surface area is 166 Å². The van der Waals surface area contributed by atoms with Gasteiger partial charge in [-0.2, -0.15) is 0 Å². The number of fused-ring (bicyclic) bond motifs is 1. The van der Waals surface area contributed by atoms with E-state index in [2.05, 4.69) is 35.6 Å². The van der Waals surface area contributed by atoms with Crippen molar-refractivity contribution >= 4 is 26.7 Å². The van der Waals surface area contributed by atoms with Crippen molar-refractivity contribution in [3.8, 4) is 0 Å². The van der Waals surface area contributed by atoms with Crippen molar-refractivity contribution in [1.82, 2.24) is 13.9 Å². The largest absolute Gasteiger partial charge is 0.353 e. The van der Waals surface area contributed by atoms with Gasteiger partial charge < -0.3 is 4.90 Å². The molecule has 28 heavy (non-hydrogen) atoms. The first-order valence-corrected chi connectivity index (χ1v) is 11.0. The molecule has 1 aliphatic heterocycles. The van der Waals surface area contributed by atoms with Gasteiger partial charge in [0.1, 0.15) is 5.82 Å². The molecule has 2 aromatic heterocycles. The molecule has 1 fully saturated rings. The highest BCUT2D eigenvalue weighted by Gasteiger charge is 2.28. The summed E-state index contributed by atoms with van der Waals surface area (Å²) in [5, 5.41) is 0.867. The zero-order valence-corrected chi connectivity index (χ0v) is 17.4. The predicted octanol–water partition coefficient (Wildman–Crippen LogP) is 3.19. The van der Waals surface area contributed by atoms with Gasteiger partial charge in [-0.15, -0.1) is 0 Å². The average Bonchev–Trinajstić information content (AvgIpc) is 3.13. The van der Waals surface area contributed by atoms with Gasteiger partial charge >= 0.3 is 0 Å². The van der Waals surface area contributed by atoms with Crippen LogP contribution in [0.3, 0.4) is 0 Å². The Morgan fingerprint density at radius 3 is 2.25 bits per heavy atom. The maximum absolute atomic E-state index is 13.1. The second kappa shape index (κ2) is 6.90. The SMILES string of the molecule is CC(C)(C)N1CCN(c2nccc3c2ccn3S(=O)(=O)c2ccccc2)CC1. The van der Waals surface area contributed by atoms with E-state index in [1.54, 1.807) is 42.7 Å². The molecule has 3 heterocycles. The molecule has 6 nitrogen and oxygen atoms in total. The number of hydrogen-bond donors (Lipinski definition) is 0. The Hall–Kier alpha value is -2.38. The van der Waals surface area contributed by atoms with Crippen LogP contribution in [0.2, 0.25) is 0 Å². The summed E-state index contributed by atoms with van der Waals surface area (Å²) in [5.41, 5.74) is 0.811. The maximum Gasteiger partial charge on any atom is 0.268 e. The van der Waals surface area contributed by atoms with E-state index in [1.807, 2.05) is 12.1 Å². The summed E-state index contributed by atoms with van der Waals surface area (Å²) in [6.45, 7) is 10.4. The molecule has 0 amide bonds. The van der Waals surface area contributed by atoms with E-state index in [9.17, 15) is 8.42 Å². The first-order valence-electron chi connectivity index (χ1n) is 9.55. The number of rotatable bonds is 3. The summed E-state index contributed by atoms with van der Waals surface area (Å²) in [5.74, 6) is 0.855. The molecule has 1 aromatic carbocycles. The van der Waals surface area contributed by atoms with Crippen LogP contribution in [0.4, 0.5) is 5.82 Å². The molecule has 0 unspecified atom stereocenters. The van der Waals surface area contributed by atoms with Crippen molar-refractivity contribution in [2.75, 3.05) is 31.1 Å². The predicted molar refractivity (Wildman–Crippen MR) is 112 cm³/mol. The van der Waals surface area contributed by atoms with Crippen LogP contribution in [0.15, 0.2) is 59.8 Å². The number of piperazine rings is 1. The van der Waals surface area contributed by atoms with Crippen molar-refractivity contribution in [2.24, 2.45) is 0 Å². The minimum atomic E-state index is -3.64. The van der Waals surface area contributed by atoms with Crippen LogP contribution in [0.25, 0.3) is 10.9 Å². The Morgan fingerprint density at radius 2 is 1.61 bits per heavy atom. The van der Waals surface area contributed by atoms with Crippen molar-refractivity contribution in [1.29, 1.82) is 0 Å². The van der Waals surface area contributed by atoms with Gasteiger partial charge in [0.2, 0.25) is 0 Å². The van der Waals surface area contributed by atoms with Crippen LogP contribution < -0.4 is 4.90 Å². The van der Waals surface area contributed by atoms with Gasteiger partial charge in [-0.05, 0) is 45.0 Å². The number of anilines is 1. The normalized spacial score (nSPS) is 16.6. The Kier molecular flexibility index (Phi) is 4.67. The van der Waals surface area contributed by atoms with Gasteiger partial charge in [-0.1, -0.05) is 18.2 Å². The smallest absolute Gasteiger partial charge is 0.268 e. The fourth-order valence-corrected chi connectivity index (χ4v) is 5.15. The molecular formula is C21H26N4O2S. The number of nitrogens with zero attached hydrogens (tertiary/aromatic N) is 4. The fourth-order valence-electron chi connectivity index (χ4n) is 3.78. The van der Waals surface area contributed by atoms with E-state index < -0.39 is 10.0 Å². The highest BCUT2D eigenvalue weighted by atomic mass is 32.2. The lowest BCUT2D eigenvalue weighted by molar-refractivity contribution is 0.128. The number of benzene rings is 1. The van der Waals surface area contributed by atoms with Crippen LogP contribution >= 0.6 is 0 Å². The molecule has 4 rings (SSSR count). The van der Waals surface area contributed by atoms with E-state index in [-0.39, 0.29) is 10.4 Å². The van der Waals surface area contributed by atoms with E-state index in [4.69, 9.17) is 0 Å². The molecule has 0 atom stereocenters. The van der Waals surface area contributed by atoms with Crippen LogP contribution in [0.5, 0.6) is 0 Å². The van der Waals surface area contributed by atoms with Crippen molar-refractivity contribution < 1.29 is 8.42 Å². The number of hydrogen-bond acceptors (Lipinski definition) is 5. The van der Waals surface area contributed by atoms with Gasteiger partial charge in [-0.25, -0.2) is 17.4 Å². The van der Waals surface area contributed by atoms with Crippen LogP contribution in [-0.4, -0.2) is 54.0 Å². The van der Waals surface area contributed by atoms with Gasteiger partial charge in [0.05, 0.1) is 10.4 Å². The topological polar surface area (TPSA) is 58.4 Å². The lowest BCUT2D eigenvalue weighted by Gasteiger charge is -2.42. The minimum absolute atomic E-state index is 0.151. The van der Waals surface area contributed by atoms with Crippen molar-refractivity contribution in [3.63, 3.8) is 0 Å². The fraction of sp³-hybridized carbons (Fsp3) is 0.381. The third-order valence-electron chi connectivity index (χ3n) is 5.39. The average molecular weight is 399 g/mol. The Morgan fingerprint density at radius 1 is 0.929 bits per heavy atom. The summed E-state index contributed by atoms with van der Waals surface area (Å²) >= 11 is 0. The van der Waals surface area contributed by atoms with Gasteiger partial charge in [0, 0.05) is 49.5 Å². The van der Waals surface area contributed by atoms with Gasteiger partial charge in [0.15, 0.2) is 0 Å². The molecule has 0 saturated carbocycles. The number of aromatic nitrogens is 2. The monoisotopic (exact) mass is 398 g/mol. The molecule has 148 valence electrons. The van der Waals surface area contributed by atoms with Gasteiger partial charge in [0.25, 0.3) is 10.0 Å². The second-order valence-corrected chi connectivity index (χ2v) is 9.96. The molecule has 1 aliphatic rings. The molecule has 3 aromatic rings. The molecule has 0 aliphatic carbocycles. The van der Waals surface area contributed by atoms with Gasteiger partial charge in [-0.3, -0.25) is 4.90 Å². The summed E-state index contributed by atoms with van der Waals surface area (Å²) in [6.07, 6.45) is 3.33. The van der Waals surface area contributed by atoms with Crippen LogP contribution in [-0.2, 0) is 10.0 Å². The first-order chi connectivity index (χ1) is 13.3.